The second kappa shape index (κ2) is 6.26. The third kappa shape index (κ3) is 3.42. The molecule has 2 saturated heterocycles. The first-order valence-corrected chi connectivity index (χ1v) is 6.52. The molecule has 0 aromatic rings. The van der Waals surface area contributed by atoms with Gasteiger partial charge in [0.15, 0.2) is 5.60 Å². The molecule has 0 saturated carbocycles. The Hall–Kier alpha value is -1.59. The predicted molar refractivity (Wildman–Crippen MR) is 64.0 cm³/mol. The van der Waals surface area contributed by atoms with Crippen molar-refractivity contribution >= 4 is 17.9 Å². The maximum Gasteiger partial charge on any atom is 0.346 e. The van der Waals surface area contributed by atoms with Crippen molar-refractivity contribution < 1.29 is 49.0 Å². The van der Waals surface area contributed by atoms with Crippen LogP contribution in [0.4, 0.5) is 0 Å². The van der Waals surface area contributed by atoms with Gasteiger partial charge in [0.25, 0.3) is 0 Å². The lowest BCUT2D eigenvalue weighted by atomic mass is 9.98. The van der Waals surface area contributed by atoms with E-state index in [4.69, 9.17) is 4.74 Å². The number of cyclic esters (lactones) is 2. The van der Waals surface area contributed by atoms with Gasteiger partial charge in [0.1, 0.15) is 31.0 Å². The van der Waals surface area contributed by atoms with Gasteiger partial charge in [-0.3, -0.25) is 9.59 Å². The number of hydrogen-bond donors (Lipinski definition) is 4. The van der Waals surface area contributed by atoms with Crippen molar-refractivity contribution in [3.63, 3.8) is 0 Å². The molecule has 0 aliphatic carbocycles. The van der Waals surface area contributed by atoms with Crippen LogP contribution in [0.25, 0.3) is 0 Å². The molecule has 2 aliphatic heterocycles. The number of esters is 3. The number of rotatable bonds is 5. The Balaban J connectivity index is 1.81. The molecule has 4 N–H and O–H groups in total. The van der Waals surface area contributed by atoms with Gasteiger partial charge in [-0.1, -0.05) is 0 Å². The zero-order valence-corrected chi connectivity index (χ0v) is 11.4. The van der Waals surface area contributed by atoms with Crippen molar-refractivity contribution in [3.05, 3.63) is 0 Å². The second-order valence-electron chi connectivity index (χ2n) is 5.25. The minimum atomic E-state index is -2.27. The van der Waals surface area contributed by atoms with Gasteiger partial charge in [-0.15, -0.1) is 0 Å². The van der Waals surface area contributed by atoms with Crippen LogP contribution in [0.1, 0.15) is 12.8 Å². The first-order valence-electron chi connectivity index (χ1n) is 6.52. The lowest BCUT2D eigenvalue weighted by molar-refractivity contribution is -0.166. The van der Waals surface area contributed by atoms with Gasteiger partial charge >= 0.3 is 17.9 Å². The van der Waals surface area contributed by atoms with E-state index in [1.54, 1.807) is 0 Å². The quantitative estimate of drug-likeness (QED) is 0.297. The second-order valence-corrected chi connectivity index (χ2v) is 5.25. The van der Waals surface area contributed by atoms with E-state index in [-0.39, 0.29) is 6.61 Å². The summed E-state index contributed by atoms with van der Waals surface area (Å²) >= 11 is 0. The Morgan fingerprint density at radius 2 is 2.09 bits per heavy atom. The summed E-state index contributed by atoms with van der Waals surface area (Å²) in [6.45, 7) is -0.739. The van der Waals surface area contributed by atoms with Crippen LogP contribution in [-0.2, 0) is 28.6 Å². The van der Waals surface area contributed by atoms with E-state index in [1.165, 1.54) is 0 Å². The molecular weight excluding hydrogens is 304 g/mol. The van der Waals surface area contributed by atoms with Crippen molar-refractivity contribution in [3.8, 4) is 0 Å². The molecule has 0 bridgehead atoms. The molecule has 5 atom stereocenters. The minimum absolute atomic E-state index is 0.162. The summed E-state index contributed by atoms with van der Waals surface area (Å²) in [5.41, 5.74) is -2.27. The maximum atomic E-state index is 11.6. The monoisotopic (exact) mass is 320 g/mol. The van der Waals surface area contributed by atoms with Gasteiger partial charge < -0.3 is 34.6 Å². The molecule has 0 radical (unpaired) electrons. The molecule has 2 aliphatic rings. The number of aliphatic hydroxyl groups is 4. The van der Waals surface area contributed by atoms with Crippen LogP contribution in [0.3, 0.4) is 0 Å². The standard InChI is InChI=1S/C12H16O10/c13-5-3-21-10(9(5)17)6(14)4-20-7(15)1-12(19)2-8(16)22-11(12)18/h5-6,9-10,13-14,17,19H,1-4H2. The third-order valence-electron chi connectivity index (χ3n) is 3.44. The van der Waals surface area contributed by atoms with Crippen molar-refractivity contribution in [2.24, 2.45) is 0 Å². The van der Waals surface area contributed by atoms with Crippen LogP contribution in [0.2, 0.25) is 0 Å². The Morgan fingerprint density at radius 1 is 1.41 bits per heavy atom. The maximum absolute atomic E-state index is 11.6. The summed E-state index contributed by atoms with van der Waals surface area (Å²) in [6, 6.07) is 0. The fourth-order valence-corrected chi connectivity index (χ4v) is 2.21. The number of hydrogen-bond acceptors (Lipinski definition) is 10. The van der Waals surface area contributed by atoms with Crippen molar-refractivity contribution in [1.82, 2.24) is 0 Å². The Labute approximate surface area is 124 Å². The van der Waals surface area contributed by atoms with Crippen molar-refractivity contribution in [2.75, 3.05) is 13.2 Å². The summed E-state index contributed by atoms with van der Waals surface area (Å²) in [4.78, 5) is 33.7. The van der Waals surface area contributed by atoms with Crippen LogP contribution >= 0.6 is 0 Å². The first kappa shape index (κ1) is 16.8. The van der Waals surface area contributed by atoms with Gasteiger partial charge in [-0.2, -0.15) is 0 Å². The largest absolute Gasteiger partial charge is 0.463 e. The van der Waals surface area contributed by atoms with Crippen molar-refractivity contribution in [2.45, 2.75) is 42.9 Å². The topological polar surface area (TPSA) is 160 Å². The molecule has 10 heteroatoms. The smallest absolute Gasteiger partial charge is 0.346 e. The lowest BCUT2D eigenvalue weighted by Gasteiger charge is -2.21. The Morgan fingerprint density at radius 3 is 2.59 bits per heavy atom. The molecule has 2 rings (SSSR count). The van der Waals surface area contributed by atoms with E-state index in [0.717, 1.165) is 0 Å². The van der Waals surface area contributed by atoms with E-state index < -0.39 is 67.4 Å². The molecule has 22 heavy (non-hydrogen) atoms. The number of carbonyl (C=O) groups is 3. The first-order chi connectivity index (χ1) is 10.2. The van der Waals surface area contributed by atoms with Crippen LogP contribution in [0.5, 0.6) is 0 Å². The Kier molecular flexibility index (Phi) is 4.78. The molecule has 0 spiro atoms. The van der Waals surface area contributed by atoms with E-state index in [0.29, 0.717) is 0 Å². The van der Waals surface area contributed by atoms with E-state index in [2.05, 4.69) is 9.47 Å². The Bertz CT molecular complexity index is 477. The molecule has 2 heterocycles. The van der Waals surface area contributed by atoms with Crippen LogP contribution in [-0.4, -0.2) is 81.6 Å². The highest BCUT2D eigenvalue weighted by Gasteiger charge is 2.50. The van der Waals surface area contributed by atoms with E-state index in [1.807, 2.05) is 0 Å². The van der Waals surface area contributed by atoms with Crippen LogP contribution < -0.4 is 0 Å². The van der Waals surface area contributed by atoms with E-state index >= 15 is 0 Å². The highest BCUT2D eigenvalue weighted by atomic mass is 16.6. The van der Waals surface area contributed by atoms with Crippen LogP contribution in [0.15, 0.2) is 0 Å². The lowest BCUT2D eigenvalue weighted by Crippen LogP contribution is -2.42. The molecule has 0 amide bonds. The van der Waals surface area contributed by atoms with E-state index in [9.17, 15) is 34.8 Å². The van der Waals surface area contributed by atoms with Gasteiger partial charge in [0.05, 0.1) is 19.4 Å². The summed E-state index contributed by atoms with van der Waals surface area (Å²) in [5, 5.41) is 38.3. The van der Waals surface area contributed by atoms with Crippen molar-refractivity contribution in [1.29, 1.82) is 0 Å². The fraction of sp³-hybridized carbons (Fsp3) is 0.750. The normalized spacial score (nSPS) is 36.3. The number of carbonyl (C=O) groups excluding carboxylic acids is 3. The van der Waals surface area contributed by atoms with Gasteiger partial charge in [-0.25, -0.2) is 4.79 Å². The van der Waals surface area contributed by atoms with Gasteiger partial charge in [0.2, 0.25) is 0 Å². The zero-order chi connectivity index (χ0) is 16.5. The van der Waals surface area contributed by atoms with Gasteiger partial charge in [0, 0.05) is 0 Å². The highest BCUT2D eigenvalue weighted by molar-refractivity contribution is 6.01. The molecule has 5 unspecified atom stereocenters. The molecular formula is C12H16O10. The summed E-state index contributed by atoms with van der Waals surface area (Å²) < 4.78 is 13.8. The van der Waals surface area contributed by atoms with Gasteiger partial charge in [-0.05, 0) is 0 Å². The molecule has 2 fully saturated rings. The molecule has 0 aromatic heterocycles. The fourth-order valence-electron chi connectivity index (χ4n) is 2.21. The molecule has 124 valence electrons. The number of ether oxygens (including phenoxy) is 3. The SMILES string of the molecule is O=C(CC1(O)CC(=O)OC1=O)OCC(O)C1OCC(O)C1O. The summed E-state index contributed by atoms with van der Waals surface area (Å²) in [7, 11) is 0. The predicted octanol–water partition coefficient (Wildman–Crippen LogP) is -3.39. The minimum Gasteiger partial charge on any atom is -0.463 e. The molecule has 0 aromatic carbocycles. The average Bonchev–Trinajstić information content (AvgIpc) is 2.87. The third-order valence-corrected chi connectivity index (χ3v) is 3.44. The summed E-state index contributed by atoms with van der Waals surface area (Å²) in [5.74, 6) is -3.22. The van der Waals surface area contributed by atoms with Crippen LogP contribution in [0, 0.1) is 0 Å². The summed E-state index contributed by atoms with van der Waals surface area (Å²) in [6.07, 6.45) is -6.44. The number of aliphatic hydroxyl groups excluding tert-OH is 3. The average molecular weight is 320 g/mol. The highest BCUT2D eigenvalue weighted by Crippen LogP contribution is 2.25. The zero-order valence-electron chi connectivity index (χ0n) is 11.4. The molecule has 10 nitrogen and oxygen atoms in total.